The molecule has 0 unspecified atom stereocenters. The van der Waals surface area contributed by atoms with E-state index in [1.165, 1.54) is 6.07 Å². The Kier molecular flexibility index (Phi) is 5.59. The van der Waals surface area contributed by atoms with E-state index in [1.807, 2.05) is 5.43 Å². The molecular weight excluding hydrogens is 364 g/mol. The van der Waals surface area contributed by atoms with Gasteiger partial charge in [0, 0.05) is 0 Å². The van der Waals surface area contributed by atoms with E-state index in [0.717, 1.165) is 29.5 Å². The Morgan fingerprint density at radius 2 is 1.71 bits per heavy atom. The smallest absolute Gasteiger partial charge is 0.272 e. The first-order valence-corrected chi connectivity index (χ1v) is 8.74. The molecule has 24 heavy (non-hydrogen) atoms. The Balaban J connectivity index is 1.92. The fourth-order valence-corrected chi connectivity index (χ4v) is 3.35. The third-order valence-corrected chi connectivity index (χ3v) is 4.99. The van der Waals surface area contributed by atoms with Crippen LogP contribution < -0.4 is 15.6 Å². The maximum Gasteiger partial charge on any atom is 0.279 e. The van der Waals surface area contributed by atoms with Gasteiger partial charge in [0.05, 0.1) is 11.4 Å². The molecule has 0 bridgehead atoms. The number of carbonyl (C=O) groups is 2. The highest BCUT2D eigenvalue weighted by Gasteiger charge is 2.24. The molecule has 0 radical (unpaired) electrons. The van der Waals surface area contributed by atoms with Crippen molar-refractivity contribution in [2.75, 3.05) is 6.54 Å². The summed E-state index contributed by atoms with van der Waals surface area (Å²) >= 11 is 1.14. The van der Waals surface area contributed by atoms with Crippen molar-refractivity contribution in [1.29, 1.82) is 0 Å². The van der Waals surface area contributed by atoms with Gasteiger partial charge < -0.3 is 0 Å². The summed E-state index contributed by atoms with van der Waals surface area (Å²) in [6.07, 6.45) is 0. The molecule has 1 aromatic carbocycles. The van der Waals surface area contributed by atoms with Crippen molar-refractivity contribution in [2.45, 2.75) is 4.90 Å². The van der Waals surface area contributed by atoms with Crippen LogP contribution in [0.2, 0.25) is 0 Å². The molecule has 2 rings (SSSR count). The molecule has 7 nitrogen and oxygen atoms in total. The summed E-state index contributed by atoms with van der Waals surface area (Å²) in [6.45, 7) is -0.819. The number of nitrogens with one attached hydrogen (secondary N) is 3. The number of hydrogen-bond acceptors (Lipinski definition) is 5. The van der Waals surface area contributed by atoms with Gasteiger partial charge in [0.2, 0.25) is 10.0 Å². The number of sulfonamides is 1. The predicted molar refractivity (Wildman–Crippen MR) is 81.5 cm³/mol. The summed E-state index contributed by atoms with van der Waals surface area (Å²) in [5, 5.41) is 1.66. The summed E-state index contributed by atoms with van der Waals surface area (Å²) in [7, 11) is -4.57. The van der Waals surface area contributed by atoms with Crippen LogP contribution in [0.3, 0.4) is 0 Å². The van der Waals surface area contributed by atoms with Crippen LogP contribution >= 0.6 is 11.3 Å². The Hall–Kier alpha value is -2.37. The van der Waals surface area contributed by atoms with Crippen LogP contribution in [-0.4, -0.2) is 26.8 Å². The summed E-state index contributed by atoms with van der Waals surface area (Å²) in [5.74, 6) is -4.07. The SMILES string of the molecule is O=C(CNS(=O)(=O)c1c(F)cccc1F)NNC(=O)c1cccs1. The minimum absolute atomic E-state index is 0.337. The largest absolute Gasteiger partial charge is 0.279 e. The molecule has 3 N–H and O–H groups in total. The molecule has 2 amide bonds. The Labute approximate surface area is 139 Å². The van der Waals surface area contributed by atoms with E-state index in [-0.39, 0.29) is 0 Å². The van der Waals surface area contributed by atoms with Gasteiger partial charge in [-0.1, -0.05) is 12.1 Å². The lowest BCUT2D eigenvalue weighted by Crippen LogP contribution is -2.46. The van der Waals surface area contributed by atoms with E-state index in [1.54, 1.807) is 16.2 Å². The maximum absolute atomic E-state index is 13.5. The third kappa shape index (κ3) is 4.34. The van der Waals surface area contributed by atoms with Gasteiger partial charge in [-0.25, -0.2) is 21.9 Å². The normalized spacial score (nSPS) is 11.1. The molecule has 0 atom stereocenters. The number of hydrogen-bond donors (Lipinski definition) is 3. The van der Waals surface area contributed by atoms with Gasteiger partial charge in [-0.3, -0.25) is 20.4 Å². The molecule has 1 heterocycles. The van der Waals surface area contributed by atoms with Crippen molar-refractivity contribution in [1.82, 2.24) is 15.6 Å². The predicted octanol–water partition coefficient (Wildman–Crippen LogP) is 0.766. The van der Waals surface area contributed by atoms with Gasteiger partial charge in [-0.05, 0) is 23.6 Å². The lowest BCUT2D eigenvalue weighted by molar-refractivity contribution is -0.120. The van der Waals surface area contributed by atoms with Crippen molar-refractivity contribution >= 4 is 33.2 Å². The first-order valence-electron chi connectivity index (χ1n) is 6.37. The van der Waals surface area contributed by atoms with Gasteiger partial charge in [-0.2, -0.15) is 0 Å². The van der Waals surface area contributed by atoms with Crippen LogP contribution in [0.1, 0.15) is 9.67 Å². The molecule has 128 valence electrons. The quantitative estimate of drug-likeness (QED) is 0.672. The maximum atomic E-state index is 13.5. The molecule has 0 aliphatic rings. The zero-order valence-corrected chi connectivity index (χ0v) is 13.5. The molecule has 0 saturated heterocycles. The average Bonchev–Trinajstić information content (AvgIpc) is 3.04. The fourth-order valence-electron chi connectivity index (χ4n) is 1.61. The minimum atomic E-state index is -4.57. The summed E-state index contributed by atoms with van der Waals surface area (Å²) in [5.41, 5.74) is 4.05. The van der Waals surface area contributed by atoms with Crippen LogP contribution in [0, 0.1) is 11.6 Å². The van der Waals surface area contributed by atoms with Gasteiger partial charge in [-0.15, -0.1) is 11.3 Å². The van der Waals surface area contributed by atoms with E-state index < -0.39 is 44.9 Å². The summed E-state index contributed by atoms with van der Waals surface area (Å²) in [6, 6.07) is 5.72. The topological polar surface area (TPSA) is 104 Å². The number of halogens is 2. The van der Waals surface area contributed by atoms with Crippen LogP contribution in [0.25, 0.3) is 0 Å². The van der Waals surface area contributed by atoms with Crippen molar-refractivity contribution in [3.8, 4) is 0 Å². The lowest BCUT2D eigenvalue weighted by atomic mass is 10.3. The van der Waals surface area contributed by atoms with Crippen LogP contribution in [0.4, 0.5) is 8.78 Å². The van der Waals surface area contributed by atoms with Crippen LogP contribution in [0.5, 0.6) is 0 Å². The first kappa shape index (κ1) is 18.0. The second-order valence-corrected chi connectivity index (χ2v) is 7.01. The highest BCUT2D eigenvalue weighted by molar-refractivity contribution is 7.89. The second kappa shape index (κ2) is 7.47. The Morgan fingerprint density at radius 3 is 2.29 bits per heavy atom. The van der Waals surface area contributed by atoms with E-state index in [4.69, 9.17) is 0 Å². The number of rotatable bonds is 5. The molecule has 2 aromatic rings. The van der Waals surface area contributed by atoms with Crippen molar-refractivity contribution in [2.24, 2.45) is 0 Å². The van der Waals surface area contributed by atoms with E-state index >= 15 is 0 Å². The monoisotopic (exact) mass is 375 g/mol. The Bertz CT molecular complexity index is 834. The van der Waals surface area contributed by atoms with E-state index in [0.29, 0.717) is 4.88 Å². The average molecular weight is 375 g/mol. The molecule has 0 aliphatic heterocycles. The van der Waals surface area contributed by atoms with Gasteiger partial charge in [0.1, 0.15) is 11.6 Å². The van der Waals surface area contributed by atoms with E-state index in [9.17, 15) is 26.8 Å². The standard InChI is InChI=1S/C13H11F2N3O4S2/c14-8-3-1-4-9(15)12(8)24(21,22)16-7-11(19)17-18-13(20)10-5-2-6-23-10/h1-6,16H,7H2,(H,17,19)(H,18,20). The number of carbonyl (C=O) groups excluding carboxylic acids is 2. The summed E-state index contributed by atoms with van der Waals surface area (Å²) in [4.78, 5) is 22.3. The molecule has 0 fully saturated rings. The first-order chi connectivity index (χ1) is 11.3. The number of hydrazine groups is 1. The van der Waals surface area contributed by atoms with Gasteiger partial charge >= 0.3 is 0 Å². The van der Waals surface area contributed by atoms with Gasteiger partial charge in [0.15, 0.2) is 4.90 Å². The molecule has 0 spiro atoms. The zero-order valence-electron chi connectivity index (χ0n) is 11.9. The summed E-state index contributed by atoms with van der Waals surface area (Å²) < 4.78 is 52.4. The third-order valence-electron chi connectivity index (χ3n) is 2.67. The number of benzene rings is 1. The number of thiophene rings is 1. The number of amides is 2. The molecule has 0 aliphatic carbocycles. The molecule has 1 aromatic heterocycles. The fraction of sp³-hybridized carbons (Fsp3) is 0.0769. The van der Waals surface area contributed by atoms with Crippen molar-refractivity contribution < 1.29 is 26.8 Å². The lowest BCUT2D eigenvalue weighted by Gasteiger charge is -2.09. The van der Waals surface area contributed by atoms with Crippen LogP contribution in [-0.2, 0) is 14.8 Å². The van der Waals surface area contributed by atoms with Crippen molar-refractivity contribution in [3.63, 3.8) is 0 Å². The molecular formula is C13H11F2N3O4S2. The van der Waals surface area contributed by atoms with Crippen molar-refractivity contribution in [3.05, 3.63) is 52.2 Å². The highest BCUT2D eigenvalue weighted by atomic mass is 32.2. The van der Waals surface area contributed by atoms with Crippen LogP contribution in [0.15, 0.2) is 40.6 Å². The minimum Gasteiger partial charge on any atom is -0.272 e. The molecule has 11 heteroatoms. The van der Waals surface area contributed by atoms with E-state index in [2.05, 4.69) is 5.43 Å². The highest BCUT2D eigenvalue weighted by Crippen LogP contribution is 2.17. The Morgan fingerprint density at radius 1 is 1.04 bits per heavy atom. The second-order valence-electron chi connectivity index (χ2n) is 4.35. The zero-order chi connectivity index (χ0) is 17.7. The van der Waals surface area contributed by atoms with Gasteiger partial charge in [0.25, 0.3) is 11.8 Å². The molecule has 0 saturated carbocycles.